The van der Waals surface area contributed by atoms with Gasteiger partial charge in [-0.25, -0.2) is 8.42 Å². The van der Waals surface area contributed by atoms with E-state index in [1.54, 1.807) is 49.6 Å². The van der Waals surface area contributed by atoms with Gasteiger partial charge in [0, 0.05) is 19.5 Å². The number of nitrogens with zero attached hydrogens (tertiary/aromatic N) is 2. The summed E-state index contributed by atoms with van der Waals surface area (Å²) in [5.74, 6) is 0.0128. The Labute approximate surface area is 275 Å². The van der Waals surface area contributed by atoms with Gasteiger partial charge in [-0.1, -0.05) is 79.2 Å². The number of rotatable bonds is 15. The zero-order chi connectivity index (χ0) is 33.1. The number of amides is 2. The Balaban J connectivity index is 1.82. The van der Waals surface area contributed by atoms with E-state index in [4.69, 9.17) is 21.1 Å². The highest BCUT2D eigenvalue weighted by Crippen LogP contribution is 2.32. The molecule has 1 N–H and O–H groups in total. The van der Waals surface area contributed by atoms with Crippen molar-refractivity contribution in [3.05, 3.63) is 119 Å². The molecule has 0 radical (unpaired) electrons. The van der Waals surface area contributed by atoms with Crippen LogP contribution in [-0.2, 0) is 32.6 Å². The molecule has 0 aliphatic carbocycles. The van der Waals surface area contributed by atoms with Crippen LogP contribution in [0.2, 0.25) is 5.02 Å². The molecule has 0 aliphatic heterocycles. The number of halogens is 1. The van der Waals surface area contributed by atoms with Crippen molar-refractivity contribution in [1.29, 1.82) is 0 Å². The molecule has 0 aliphatic rings. The first-order valence-electron chi connectivity index (χ1n) is 14.8. The Morgan fingerprint density at radius 1 is 0.848 bits per heavy atom. The van der Waals surface area contributed by atoms with Gasteiger partial charge in [0.15, 0.2) is 0 Å². The van der Waals surface area contributed by atoms with Gasteiger partial charge in [0.2, 0.25) is 11.8 Å². The second-order valence-electron chi connectivity index (χ2n) is 10.5. The summed E-state index contributed by atoms with van der Waals surface area (Å²) in [7, 11) is -1.26. The molecule has 0 fully saturated rings. The molecule has 242 valence electrons. The van der Waals surface area contributed by atoms with Crippen molar-refractivity contribution in [3.8, 4) is 11.5 Å². The molecule has 46 heavy (non-hydrogen) atoms. The fraction of sp³-hybridized carbons (Fsp3) is 0.257. The van der Waals surface area contributed by atoms with E-state index in [1.165, 1.54) is 36.3 Å². The predicted octanol–water partition coefficient (Wildman–Crippen LogP) is 5.72. The van der Waals surface area contributed by atoms with Crippen LogP contribution in [0.25, 0.3) is 0 Å². The van der Waals surface area contributed by atoms with Crippen LogP contribution in [0.3, 0.4) is 0 Å². The van der Waals surface area contributed by atoms with Gasteiger partial charge >= 0.3 is 0 Å². The third-order valence-corrected chi connectivity index (χ3v) is 9.42. The van der Waals surface area contributed by atoms with Crippen LogP contribution in [0.4, 0.5) is 5.69 Å². The number of methoxy groups -OCH3 is 2. The molecule has 9 nitrogen and oxygen atoms in total. The number of anilines is 1. The van der Waals surface area contributed by atoms with Gasteiger partial charge in [-0.15, -0.1) is 0 Å². The van der Waals surface area contributed by atoms with Gasteiger partial charge in [-0.3, -0.25) is 13.9 Å². The van der Waals surface area contributed by atoms with Gasteiger partial charge in [0.05, 0.1) is 29.8 Å². The number of nitrogens with one attached hydrogen (secondary N) is 1. The summed E-state index contributed by atoms with van der Waals surface area (Å²) >= 11 is 6.43. The topological polar surface area (TPSA) is 105 Å². The van der Waals surface area contributed by atoms with Gasteiger partial charge in [-0.2, -0.15) is 0 Å². The largest absolute Gasteiger partial charge is 0.497 e. The molecule has 0 saturated carbocycles. The lowest BCUT2D eigenvalue weighted by Crippen LogP contribution is -2.53. The maximum Gasteiger partial charge on any atom is 0.264 e. The molecule has 11 heteroatoms. The normalized spacial score (nSPS) is 11.7. The Morgan fingerprint density at radius 3 is 2.15 bits per heavy atom. The average Bonchev–Trinajstić information content (AvgIpc) is 3.08. The molecule has 1 atom stereocenters. The number of hydrogen-bond acceptors (Lipinski definition) is 6. The molecule has 0 aromatic heterocycles. The van der Waals surface area contributed by atoms with Crippen molar-refractivity contribution in [1.82, 2.24) is 10.2 Å². The zero-order valence-corrected chi connectivity index (χ0v) is 27.6. The van der Waals surface area contributed by atoms with Crippen molar-refractivity contribution < 1.29 is 27.5 Å². The van der Waals surface area contributed by atoms with E-state index < -0.39 is 28.5 Å². The Morgan fingerprint density at radius 2 is 1.52 bits per heavy atom. The summed E-state index contributed by atoms with van der Waals surface area (Å²) in [4.78, 5) is 29.7. The van der Waals surface area contributed by atoms with Crippen LogP contribution < -0.4 is 19.1 Å². The smallest absolute Gasteiger partial charge is 0.264 e. The predicted molar refractivity (Wildman–Crippen MR) is 180 cm³/mol. The SMILES string of the molecule is CCCNC(=O)[C@H](Cc1ccccc1)N(Cc1cccc(OC)c1)C(=O)CN(c1ccc(OC)c(Cl)c1)S(=O)(=O)c1ccccc1. The van der Waals surface area contributed by atoms with E-state index in [0.717, 1.165) is 9.87 Å². The average molecular weight is 664 g/mol. The van der Waals surface area contributed by atoms with E-state index in [1.807, 2.05) is 43.3 Å². The fourth-order valence-electron chi connectivity index (χ4n) is 4.95. The third kappa shape index (κ3) is 8.58. The van der Waals surface area contributed by atoms with Crippen LogP contribution in [0.5, 0.6) is 11.5 Å². The third-order valence-electron chi connectivity index (χ3n) is 7.34. The van der Waals surface area contributed by atoms with Crippen LogP contribution in [0.1, 0.15) is 24.5 Å². The second kappa shape index (κ2) is 16.1. The lowest BCUT2D eigenvalue weighted by Gasteiger charge is -2.34. The summed E-state index contributed by atoms with van der Waals surface area (Å²) in [6, 6.07) is 28.0. The van der Waals surface area contributed by atoms with Crippen LogP contribution in [-0.4, -0.2) is 58.5 Å². The van der Waals surface area contributed by atoms with Crippen LogP contribution in [0.15, 0.2) is 108 Å². The quantitative estimate of drug-likeness (QED) is 0.175. The highest BCUT2D eigenvalue weighted by molar-refractivity contribution is 7.92. The minimum absolute atomic E-state index is 0.00406. The molecule has 2 amide bonds. The minimum Gasteiger partial charge on any atom is -0.497 e. The van der Waals surface area contributed by atoms with E-state index in [-0.39, 0.29) is 34.5 Å². The molecular formula is C35H38ClN3O6S. The van der Waals surface area contributed by atoms with Crippen molar-refractivity contribution >= 4 is 39.1 Å². The van der Waals surface area contributed by atoms with Crippen molar-refractivity contribution in [3.63, 3.8) is 0 Å². The first-order valence-corrected chi connectivity index (χ1v) is 16.6. The van der Waals surface area contributed by atoms with Crippen molar-refractivity contribution in [2.45, 2.75) is 37.2 Å². The monoisotopic (exact) mass is 663 g/mol. The van der Waals surface area contributed by atoms with E-state index in [2.05, 4.69) is 5.32 Å². The molecule has 0 unspecified atom stereocenters. The Bertz CT molecular complexity index is 1720. The van der Waals surface area contributed by atoms with Gasteiger partial charge in [-0.05, 0) is 60.0 Å². The molecular weight excluding hydrogens is 626 g/mol. The maximum absolute atomic E-state index is 14.5. The lowest BCUT2D eigenvalue weighted by atomic mass is 10.0. The summed E-state index contributed by atoms with van der Waals surface area (Å²) in [6.45, 7) is 1.79. The number of sulfonamides is 1. The lowest BCUT2D eigenvalue weighted by molar-refractivity contribution is -0.140. The summed E-state index contributed by atoms with van der Waals surface area (Å²) < 4.78 is 39.9. The Kier molecular flexibility index (Phi) is 12.1. The number of carbonyl (C=O) groups is 2. The van der Waals surface area contributed by atoms with Gasteiger partial charge < -0.3 is 19.7 Å². The highest BCUT2D eigenvalue weighted by atomic mass is 35.5. The number of hydrogen-bond donors (Lipinski definition) is 1. The molecule has 0 bridgehead atoms. The molecule has 4 aromatic rings. The van der Waals surface area contributed by atoms with Crippen LogP contribution in [0, 0.1) is 0 Å². The second-order valence-corrected chi connectivity index (χ2v) is 12.8. The van der Waals surface area contributed by atoms with Gasteiger partial charge in [0.25, 0.3) is 10.0 Å². The summed E-state index contributed by atoms with van der Waals surface area (Å²) in [5.41, 5.74) is 1.72. The number of carbonyl (C=O) groups excluding carboxylic acids is 2. The minimum atomic E-state index is -4.26. The molecule has 4 aromatic carbocycles. The number of ether oxygens (including phenoxy) is 2. The molecule has 0 spiro atoms. The standard InChI is InChI=1S/C35H38ClN3O6S/c1-4-20-37-35(41)32(22-26-12-7-5-8-13-26)38(24-27-14-11-15-29(21-27)44-2)34(40)25-39(28-18-19-33(45-3)31(36)23-28)46(42,43)30-16-9-6-10-17-30/h5-19,21,23,32H,4,20,22,24-25H2,1-3H3,(H,37,41)/t32-/m0/s1. The van der Waals surface area contributed by atoms with Crippen LogP contribution >= 0.6 is 11.6 Å². The van der Waals surface area contributed by atoms with E-state index in [9.17, 15) is 18.0 Å². The summed E-state index contributed by atoms with van der Waals surface area (Å²) in [6.07, 6.45) is 0.918. The van der Waals surface area contributed by atoms with Crippen molar-refractivity contribution in [2.75, 3.05) is 31.6 Å². The van der Waals surface area contributed by atoms with Gasteiger partial charge in [0.1, 0.15) is 24.1 Å². The molecule has 0 saturated heterocycles. The Hall–Kier alpha value is -4.54. The number of benzene rings is 4. The highest BCUT2D eigenvalue weighted by Gasteiger charge is 2.34. The first-order chi connectivity index (χ1) is 22.2. The first kappa shape index (κ1) is 34.3. The maximum atomic E-state index is 14.5. The van der Waals surface area contributed by atoms with E-state index >= 15 is 0 Å². The zero-order valence-electron chi connectivity index (χ0n) is 26.1. The fourth-order valence-corrected chi connectivity index (χ4v) is 6.63. The van der Waals surface area contributed by atoms with Crippen molar-refractivity contribution in [2.24, 2.45) is 0 Å². The molecule has 0 heterocycles. The van der Waals surface area contributed by atoms with E-state index in [0.29, 0.717) is 30.0 Å². The summed E-state index contributed by atoms with van der Waals surface area (Å²) in [5, 5.41) is 3.11. The molecule has 4 rings (SSSR count).